The van der Waals surface area contributed by atoms with E-state index >= 15 is 0 Å². The SMILES string of the molecule is CSCCCCCCNC(=O)CN1CCCNCC1. The Kier molecular flexibility index (Phi) is 10.2. The first-order valence-corrected chi connectivity index (χ1v) is 8.91. The summed E-state index contributed by atoms with van der Waals surface area (Å²) in [6.45, 7) is 5.51. The van der Waals surface area contributed by atoms with Gasteiger partial charge in [0.2, 0.25) is 5.91 Å². The predicted molar refractivity (Wildman–Crippen MR) is 83.8 cm³/mol. The van der Waals surface area contributed by atoms with Gasteiger partial charge in [0, 0.05) is 19.6 Å². The molecule has 0 unspecified atom stereocenters. The first-order valence-electron chi connectivity index (χ1n) is 7.51. The number of thioether (sulfide) groups is 1. The van der Waals surface area contributed by atoms with Crippen molar-refractivity contribution >= 4 is 17.7 Å². The number of nitrogens with one attached hydrogen (secondary N) is 2. The molecule has 1 saturated heterocycles. The molecule has 0 saturated carbocycles. The van der Waals surface area contributed by atoms with Gasteiger partial charge in [-0.15, -0.1) is 0 Å². The van der Waals surface area contributed by atoms with E-state index in [4.69, 9.17) is 0 Å². The molecule has 0 aliphatic carbocycles. The van der Waals surface area contributed by atoms with Gasteiger partial charge in [-0.05, 0) is 44.4 Å². The molecule has 2 N–H and O–H groups in total. The summed E-state index contributed by atoms with van der Waals surface area (Å²) in [6, 6.07) is 0. The average Bonchev–Trinajstić information content (AvgIpc) is 2.66. The van der Waals surface area contributed by atoms with Crippen LogP contribution in [0.4, 0.5) is 0 Å². The lowest BCUT2D eigenvalue weighted by molar-refractivity contribution is -0.122. The summed E-state index contributed by atoms with van der Waals surface area (Å²) in [6.07, 6.45) is 8.22. The Balaban J connectivity index is 1.95. The van der Waals surface area contributed by atoms with Crippen molar-refractivity contribution in [3.05, 3.63) is 0 Å². The Morgan fingerprint density at radius 1 is 1.21 bits per heavy atom. The summed E-state index contributed by atoms with van der Waals surface area (Å²) in [4.78, 5) is 14.0. The van der Waals surface area contributed by atoms with Crippen molar-refractivity contribution in [1.29, 1.82) is 0 Å². The lowest BCUT2D eigenvalue weighted by atomic mass is 10.2. The first kappa shape index (κ1) is 16.8. The zero-order valence-electron chi connectivity index (χ0n) is 12.2. The highest BCUT2D eigenvalue weighted by Crippen LogP contribution is 2.03. The number of carbonyl (C=O) groups is 1. The van der Waals surface area contributed by atoms with Crippen LogP contribution < -0.4 is 10.6 Å². The van der Waals surface area contributed by atoms with Gasteiger partial charge in [0.1, 0.15) is 0 Å². The van der Waals surface area contributed by atoms with E-state index in [-0.39, 0.29) is 5.91 Å². The van der Waals surface area contributed by atoms with Crippen molar-refractivity contribution in [1.82, 2.24) is 15.5 Å². The van der Waals surface area contributed by atoms with E-state index in [1.807, 2.05) is 11.8 Å². The monoisotopic (exact) mass is 287 g/mol. The standard InChI is InChI=1S/C14H29N3OS/c1-19-12-5-3-2-4-8-16-14(18)13-17-10-6-7-15-9-11-17/h15H,2-13H2,1H3,(H,16,18). The molecule has 0 aromatic rings. The van der Waals surface area contributed by atoms with Crippen molar-refractivity contribution < 1.29 is 4.79 Å². The Hall–Kier alpha value is -0.260. The van der Waals surface area contributed by atoms with Gasteiger partial charge in [-0.3, -0.25) is 9.69 Å². The maximum atomic E-state index is 11.8. The molecule has 0 aromatic heterocycles. The van der Waals surface area contributed by atoms with Crippen LogP contribution in [0.3, 0.4) is 0 Å². The minimum absolute atomic E-state index is 0.186. The number of unbranched alkanes of at least 4 members (excludes halogenated alkanes) is 3. The van der Waals surface area contributed by atoms with Gasteiger partial charge in [0.15, 0.2) is 0 Å². The molecule has 0 atom stereocenters. The molecule has 0 radical (unpaired) electrons. The molecule has 0 aromatic carbocycles. The number of hydrogen-bond donors (Lipinski definition) is 2. The fraction of sp³-hybridized carbons (Fsp3) is 0.929. The van der Waals surface area contributed by atoms with Crippen molar-refractivity contribution in [2.24, 2.45) is 0 Å². The van der Waals surface area contributed by atoms with Crippen molar-refractivity contribution in [2.45, 2.75) is 32.1 Å². The third-order valence-electron chi connectivity index (χ3n) is 3.40. The molecule has 0 spiro atoms. The molecule has 1 heterocycles. The third kappa shape index (κ3) is 9.30. The molecule has 19 heavy (non-hydrogen) atoms. The molecular weight excluding hydrogens is 258 g/mol. The quantitative estimate of drug-likeness (QED) is 0.628. The highest BCUT2D eigenvalue weighted by atomic mass is 32.2. The van der Waals surface area contributed by atoms with E-state index in [9.17, 15) is 4.79 Å². The second-order valence-corrected chi connectivity index (χ2v) is 6.12. The average molecular weight is 287 g/mol. The lowest BCUT2D eigenvalue weighted by Gasteiger charge is -2.18. The molecule has 1 fully saturated rings. The van der Waals surface area contributed by atoms with E-state index in [1.165, 1.54) is 25.0 Å². The van der Waals surface area contributed by atoms with Crippen LogP contribution in [-0.2, 0) is 4.79 Å². The van der Waals surface area contributed by atoms with E-state index in [0.717, 1.165) is 45.6 Å². The van der Waals surface area contributed by atoms with Crippen LogP contribution in [0.25, 0.3) is 0 Å². The van der Waals surface area contributed by atoms with Gasteiger partial charge >= 0.3 is 0 Å². The second-order valence-electron chi connectivity index (χ2n) is 5.14. The summed E-state index contributed by atoms with van der Waals surface area (Å²) in [5.41, 5.74) is 0. The molecule has 0 bridgehead atoms. The van der Waals surface area contributed by atoms with Crippen LogP contribution in [0.1, 0.15) is 32.1 Å². The summed E-state index contributed by atoms with van der Waals surface area (Å²) in [7, 11) is 0. The highest BCUT2D eigenvalue weighted by molar-refractivity contribution is 7.98. The van der Waals surface area contributed by atoms with Gasteiger partial charge in [-0.1, -0.05) is 12.8 Å². The zero-order valence-corrected chi connectivity index (χ0v) is 13.1. The minimum Gasteiger partial charge on any atom is -0.355 e. The van der Waals surface area contributed by atoms with Crippen molar-refractivity contribution in [3.63, 3.8) is 0 Å². The van der Waals surface area contributed by atoms with Gasteiger partial charge in [0.05, 0.1) is 6.54 Å². The molecule has 112 valence electrons. The van der Waals surface area contributed by atoms with E-state index < -0.39 is 0 Å². The number of rotatable bonds is 9. The van der Waals surface area contributed by atoms with Crippen LogP contribution in [0.2, 0.25) is 0 Å². The van der Waals surface area contributed by atoms with Crippen LogP contribution in [0, 0.1) is 0 Å². The Bertz CT molecular complexity index is 231. The molecule has 1 amide bonds. The Labute approximate surface area is 122 Å². The molecule has 1 aliphatic rings. The minimum atomic E-state index is 0.186. The van der Waals surface area contributed by atoms with E-state index in [2.05, 4.69) is 21.8 Å². The number of carbonyl (C=O) groups excluding carboxylic acids is 1. The first-order chi connectivity index (χ1) is 9.33. The van der Waals surface area contributed by atoms with E-state index in [1.54, 1.807) is 0 Å². The number of amides is 1. The van der Waals surface area contributed by atoms with Gasteiger partial charge in [-0.2, -0.15) is 11.8 Å². The van der Waals surface area contributed by atoms with Crippen LogP contribution in [-0.4, -0.2) is 62.1 Å². The summed E-state index contributed by atoms with van der Waals surface area (Å²) >= 11 is 1.91. The number of nitrogens with zero attached hydrogens (tertiary/aromatic N) is 1. The zero-order chi connectivity index (χ0) is 13.8. The maximum Gasteiger partial charge on any atom is 0.234 e. The smallest absolute Gasteiger partial charge is 0.234 e. The third-order valence-corrected chi connectivity index (χ3v) is 4.09. The molecule has 1 rings (SSSR count). The van der Waals surface area contributed by atoms with Crippen molar-refractivity contribution in [2.75, 3.05) is 51.3 Å². The molecule has 4 nitrogen and oxygen atoms in total. The van der Waals surface area contributed by atoms with Crippen LogP contribution in [0.5, 0.6) is 0 Å². The Morgan fingerprint density at radius 2 is 2.05 bits per heavy atom. The van der Waals surface area contributed by atoms with Crippen LogP contribution in [0.15, 0.2) is 0 Å². The molecule has 5 heteroatoms. The lowest BCUT2D eigenvalue weighted by Crippen LogP contribution is -2.39. The second kappa shape index (κ2) is 11.6. The number of hydrogen-bond acceptors (Lipinski definition) is 4. The van der Waals surface area contributed by atoms with Gasteiger partial charge < -0.3 is 10.6 Å². The molecular formula is C14H29N3OS. The van der Waals surface area contributed by atoms with Crippen LogP contribution >= 0.6 is 11.8 Å². The van der Waals surface area contributed by atoms with E-state index in [0.29, 0.717) is 6.54 Å². The fourth-order valence-corrected chi connectivity index (χ4v) is 2.76. The van der Waals surface area contributed by atoms with Crippen molar-refractivity contribution in [3.8, 4) is 0 Å². The summed E-state index contributed by atoms with van der Waals surface area (Å²) in [5, 5.41) is 6.39. The Morgan fingerprint density at radius 3 is 2.89 bits per heavy atom. The fourth-order valence-electron chi connectivity index (χ4n) is 2.27. The largest absolute Gasteiger partial charge is 0.355 e. The topological polar surface area (TPSA) is 44.4 Å². The predicted octanol–water partition coefficient (Wildman–Crippen LogP) is 1.32. The summed E-state index contributed by atoms with van der Waals surface area (Å²) < 4.78 is 0. The maximum absolute atomic E-state index is 11.8. The summed E-state index contributed by atoms with van der Waals surface area (Å²) in [5.74, 6) is 1.45. The highest BCUT2D eigenvalue weighted by Gasteiger charge is 2.11. The normalized spacial score (nSPS) is 17.1. The van der Waals surface area contributed by atoms with Gasteiger partial charge in [0.25, 0.3) is 0 Å². The van der Waals surface area contributed by atoms with Gasteiger partial charge in [-0.25, -0.2) is 0 Å². The molecule has 1 aliphatic heterocycles.